The van der Waals surface area contributed by atoms with Crippen LogP contribution in [0.2, 0.25) is 0 Å². The third-order valence-corrected chi connectivity index (χ3v) is 2.66. The monoisotopic (exact) mass is 191 g/mol. The molecule has 1 unspecified atom stereocenters. The maximum absolute atomic E-state index is 3.52. The second-order valence-electron chi connectivity index (χ2n) is 3.46. The standard InChI is InChI=1S/C11H15N.C2H6/c1-2-11-7-9-5-3-4-6-10(9)8-12-11;1-2/h3-6,11-12H,2,7-8H2,1H3;1-2H3. The van der Waals surface area contributed by atoms with Crippen LogP contribution in [0.1, 0.15) is 38.3 Å². The number of hydrogen-bond donors (Lipinski definition) is 1. The fourth-order valence-corrected chi connectivity index (χ4v) is 1.81. The zero-order valence-corrected chi connectivity index (χ0v) is 9.51. The summed E-state index contributed by atoms with van der Waals surface area (Å²) in [6, 6.07) is 9.41. The van der Waals surface area contributed by atoms with Crippen molar-refractivity contribution in [3.63, 3.8) is 0 Å². The molecule has 0 aliphatic carbocycles. The van der Waals surface area contributed by atoms with E-state index in [0.29, 0.717) is 6.04 Å². The van der Waals surface area contributed by atoms with Crippen molar-refractivity contribution in [3.8, 4) is 0 Å². The maximum atomic E-state index is 3.52. The van der Waals surface area contributed by atoms with Crippen LogP contribution < -0.4 is 5.32 Å². The van der Waals surface area contributed by atoms with E-state index in [4.69, 9.17) is 0 Å². The maximum Gasteiger partial charge on any atom is 0.0210 e. The molecule has 1 atom stereocenters. The molecule has 0 saturated carbocycles. The number of fused-ring (bicyclic) bond motifs is 1. The van der Waals surface area contributed by atoms with Gasteiger partial charge < -0.3 is 5.32 Å². The molecule has 0 radical (unpaired) electrons. The summed E-state index contributed by atoms with van der Waals surface area (Å²) in [5.41, 5.74) is 3.00. The molecule has 1 N–H and O–H groups in total. The highest BCUT2D eigenvalue weighted by Gasteiger charge is 2.14. The molecule has 2 rings (SSSR count). The van der Waals surface area contributed by atoms with E-state index < -0.39 is 0 Å². The van der Waals surface area contributed by atoms with Gasteiger partial charge in [-0.15, -0.1) is 0 Å². The topological polar surface area (TPSA) is 12.0 Å². The number of nitrogens with one attached hydrogen (secondary N) is 1. The molecule has 0 amide bonds. The van der Waals surface area contributed by atoms with Crippen molar-refractivity contribution in [1.82, 2.24) is 5.32 Å². The van der Waals surface area contributed by atoms with Gasteiger partial charge in [0.2, 0.25) is 0 Å². The molecule has 1 heteroatoms. The average Bonchev–Trinajstić information content (AvgIpc) is 2.31. The molecule has 0 aromatic heterocycles. The fourth-order valence-electron chi connectivity index (χ4n) is 1.81. The SMILES string of the molecule is CC.CCC1Cc2ccccc2CN1. The molecule has 0 saturated heterocycles. The normalized spacial score (nSPS) is 19.2. The zero-order valence-electron chi connectivity index (χ0n) is 9.51. The van der Waals surface area contributed by atoms with Gasteiger partial charge in [-0.25, -0.2) is 0 Å². The van der Waals surface area contributed by atoms with Crippen molar-refractivity contribution >= 4 is 0 Å². The third-order valence-electron chi connectivity index (χ3n) is 2.66. The smallest absolute Gasteiger partial charge is 0.0210 e. The molecular formula is C13H21N. The lowest BCUT2D eigenvalue weighted by atomic mass is 9.95. The Bertz CT molecular complexity index is 268. The largest absolute Gasteiger partial charge is 0.310 e. The second-order valence-corrected chi connectivity index (χ2v) is 3.46. The minimum atomic E-state index is 0.694. The van der Waals surface area contributed by atoms with Crippen molar-refractivity contribution in [2.45, 2.75) is 46.2 Å². The lowest BCUT2D eigenvalue weighted by Gasteiger charge is -2.24. The van der Waals surface area contributed by atoms with Crippen molar-refractivity contribution in [2.24, 2.45) is 0 Å². The fraction of sp³-hybridized carbons (Fsp3) is 0.538. The van der Waals surface area contributed by atoms with E-state index in [1.807, 2.05) is 13.8 Å². The lowest BCUT2D eigenvalue weighted by Crippen LogP contribution is -2.34. The summed E-state index contributed by atoms with van der Waals surface area (Å²) in [5, 5.41) is 3.52. The predicted octanol–water partition coefficient (Wildman–Crippen LogP) is 3.14. The lowest BCUT2D eigenvalue weighted by molar-refractivity contribution is 0.468. The molecule has 0 fully saturated rings. The van der Waals surface area contributed by atoms with Gasteiger partial charge in [-0.3, -0.25) is 0 Å². The van der Waals surface area contributed by atoms with Crippen LogP contribution in [0.25, 0.3) is 0 Å². The molecule has 1 aliphatic heterocycles. The Morgan fingerprint density at radius 2 is 1.86 bits per heavy atom. The van der Waals surface area contributed by atoms with Crippen LogP contribution in [-0.2, 0) is 13.0 Å². The molecular weight excluding hydrogens is 170 g/mol. The van der Waals surface area contributed by atoms with Gasteiger partial charge in [0.25, 0.3) is 0 Å². The first-order valence-electron chi connectivity index (χ1n) is 5.70. The van der Waals surface area contributed by atoms with Gasteiger partial charge in [-0.1, -0.05) is 45.0 Å². The molecule has 1 aromatic carbocycles. The van der Waals surface area contributed by atoms with E-state index in [9.17, 15) is 0 Å². The minimum absolute atomic E-state index is 0.694. The van der Waals surface area contributed by atoms with E-state index in [-0.39, 0.29) is 0 Å². The molecule has 1 aromatic rings. The summed E-state index contributed by atoms with van der Waals surface area (Å²) in [5.74, 6) is 0. The summed E-state index contributed by atoms with van der Waals surface area (Å²) in [7, 11) is 0. The van der Waals surface area contributed by atoms with E-state index in [0.717, 1.165) is 6.54 Å². The van der Waals surface area contributed by atoms with E-state index in [2.05, 4.69) is 36.5 Å². The first kappa shape index (κ1) is 11.3. The predicted molar refractivity (Wildman–Crippen MR) is 62.4 cm³/mol. The van der Waals surface area contributed by atoms with Crippen LogP contribution in [0.5, 0.6) is 0 Å². The van der Waals surface area contributed by atoms with Crippen LogP contribution in [-0.4, -0.2) is 6.04 Å². The first-order valence-corrected chi connectivity index (χ1v) is 5.70. The Balaban J connectivity index is 0.000000461. The highest BCUT2D eigenvalue weighted by Crippen LogP contribution is 2.17. The van der Waals surface area contributed by atoms with Crippen molar-refractivity contribution < 1.29 is 0 Å². The summed E-state index contributed by atoms with van der Waals surface area (Å²) < 4.78 is 0. The van der Waals surface area contributed by atoms with E-state index in [1.54, 1.807) is 0 Å². The first-order chi connectivity index (χ1) is 6.90. The summed E-state index contributed by atoms with van der Waals surface area (Å²) in [6.07, 6.45) is 2.43. The quantitative estimate of drug-likeness (QED) is 0.719. The van der Waals surface area contributed by atoms with Crippen molar-refractivity contribution in [2.75, 3.05) is 0 Å². The summed E-state index contributed by atoms with van der Waals surface area (Å²) in [6.45, 7) is 7.29. The van der Waals surface area contributed by atoms with E-state index in [1.165, 1.54) is 24.0 Å². The molecule has 1 heterocycles. The van der Waals surface area contributed by atoms with Crippen molar-refractivity contribution in [1.29, 1.82) is 0 Å². The summed E-state index contributed by atoms with van der Waals surface area (Å²) in [4.78, 5) is 0. The Morgan fingerprint density at radius 3 is 2.50 bits per heavy atom. The van der Waals surface area contributed by atoms with Crippen LogP contribution in [0, 0.1) is 0 Å². The van der Waals surface area contributed by atoms with Crippen LogP contribution in [0.15, 0.2) is 24.3 Å². The van der Waals surface area contributed by atoms with Gasteiger partial charge >= 0.3 is 0 Å². The molecule has 78 valence electrons. The van der Waals surface area contributed by atoms with Gasteiger partial charge in [0.05, 0.1) is 0 Å². The average molecular weight is 191 g/mol. The molecule has 0 bridgehead atoms. The Morgan fingerprint density at radius 1 is 1.21 bits per heavy atom. The third kappa shape index (κ3) is 2.58. The second kappa shape index (κ2) is 5.82. The van der Waals surface area contributed by atoms with Gasteiger partial charge in [0.1, 0.15) is 0 Å². The van der Waals surface area contributed by atoms with Crippen LogP contribution in [0.3, 0.4) is 0 Å². The van der Waals surface area contributed by atoms with E-state index >= 15 is 0 Å². The van der Waals surface area contributed by atoms with Gasteiger partial charge in [-0.05, 0) is 24.0 Å². The minimum Gasteiger partial charge on any atom is -0.310 e. The van der Waals surface area contributed by atoms with Gasteiger partial charge in [0.15, 0.2) is 0 Å². The Labute approximate surface area is 87.5 Å². The molecule has 14 heavy (non-hydrogen) atoms. The molecule has 1 nitrogen and oxygen atoms in total. The zero-order chi connectivity index (χ0) is 10.4. The number of benzene rings is 1. The van der Waals surface area contributed by atoms with Crippen LogP contribution in [0.4, 0.5) is 0 Å². The van der Waals surface area contributed by atoms with Gasteiger partial charge in [0, 0.05) is 12.6 Å². The highest BCUT2D eigenvalue weighted by molar-refractivity contribution is 5.29. The molecule has 0 spiro atoms. The van der Waals surface area contributed by atoms with Crippen LogP contribution >= 0.6 is 0 Å². The highest BCUT2D eigenvalue weighted by atomic mass is 14.9. The molecule has 1 aliphatic rings. The summed E-state index contributed by atoms with van der Waals surface area (Å²) >= 11 is 0. The van der Waals surface area contributed by atoms with Gasteiger partial charge in [-0.2, -0.15) is 0 Å². The number of rotatable bonds is 1. The number of hydrogen-bond acceptors (Lipinski definition) is 1. The Kier molecular flexibility index (Phi) is 4.68. The Hall–Kier alpha value is -0.820. The van der Waals surface area contributed by atoms with Crippen molar-refractivity contribution in [3.05, 3.63) is 35.4 Å².